The van der Waals surface area contributed by atoms with E-state index in [0.29, 0.717) is 6.61 Å². The highest BCUT2D eigenvalue weighted by Crippen LogP contribution is 2.08. The zero-order chi connectivity index (χ0) is 13.9. The second-order valence-corrected chi connectivity index (χ2v) is 5.42. The third kappa shape index (κ3) is 8.02. The van der Waals surface area contributed by atoms with E-state index in [1.807, 2.05) is 18.2 Å². The molecule has 104 valence electrons. The van der Waals surface area contributed by atoms with Crippen molar-refractivity contribution < 1.29 is 4.74 Å². The van der Waals surface area contributed by atoms with E-state index < -0.39 is 0 Å². The van der Waals surface area contributed by atoms with Crippen LogP contribution in [-0.2, 0) is 11.3 Å². The van der Waals surface area contributed by atoms with Crippen LogP contribution in [0, 0.1) is 0 Å². The van der Waals surface area contributed by atoms with Crippen LogP contribution in [0.5, 0.6) is 0 Å². The van der Waals surface area contributed by atoms with Crippen LogP contribution in [-0.4, -0.2) is 11.9 Å². The van der Waals surface area contributed by atoms with Crippen molar-refractivity contribution >= 4 is 15.9 Å². The van der Waals surface area contributed by atoms with E-state index in [1.54, 1.807) is 0 Å². The molecular weight excluding hydrogens is 300 g/mol. The molecule has 0 saturated heterocycles. The number of halogens is 1. The summed E-state index contributed by atoms with van der Waals surface area (Å²) in [4.78, 5) is 0. The van der Waals surface area contributed by atoms with E-state index >= 15 is 0 Å². The van der Waals surface area contributed by atoms with Gasteiger partial charge in [0.25, 0.3) is 0 Å². The van der Waals surface area contributed by atoms with Crippen molar-refractivity contribution in [3.63, 3.8) is 0 Å². The molecule has 1 aromatic rings. The monoisotopic (exact) mass is 322 g/mol. The molecule has 0 spiro atoms. The first-order valence-corrected chi connectivity index (χ1v) is 7.83. The van der Waals surface area contributed by atoms with Gasteiger partial charge in [0.2, 0.25) is 0 Å². The van der Waals surface area contributed by atoms with Crippen molar-refractivity contribution in [2.24, 2.45) is 0 Å². The molecule has 2 heteroatoms. The van der Waals surface area contributed by atoms with Crippen LogP contribution in [0.15, 0.2) is 53.6 Å². The minimum absolute atomic E-state index is 0.689. The fraction of sp³-hybridized carbons (Fsp3) is 0.412. The molecule has 0 amide bonds. The minimum atomic E-state index is 0.689. The summed E-state index contributed by atoms with van der Waals surface area (Å²) in [5, 5.41) is 0.946. The average Bonchev–Trinajstić information content (AvgIpc) is 2.40. The van der Waals surface area contributed by atoms with Gasteiger partial charge in [0, 0.05) is 5.33 Å². The van der Waals surface area contributed by atoms with Crippen LogP contribution in [0.2, 0.25) is 0 Å². The molecule has 0 atom stereocenters. The summed E-state index contributed by atoms with van der Waals surface area (Å²) in [6.07, 6.45) is 6.71. The van der Waals surface area contributed by atoms with Crippen molar-refractivity contribution in [1.82, 2.24) is 0 Å². The molecular formula is C17H23BrO. The number of hydrogen-bond acceptors (Lipinski definition) is 1. The Morgan fingerprint density at radius 1 is 1.11 bits per heavy atom. The minimum Gasteiger partial charge on any atom is -0.372 e. The smallest absolute Gasteiger partial charge is 0.0721 e. The predicted octanol–water partition coefficient (Wildman–Crippen LogP) is 5.27. The van der Waals surface area contributed by atoms with Gasteiger partial charge in [-0.3, -0.25) is 0 Å². The predicted molar refractivity (Wildman–Crippen MR) is 86.6 cm³/mol. The van der Waals surface area contributed by atoms with Crippen LogP contribution in [0.3, 0.4) is 0 Å². The summed E-state index contributed by atoms with van der Waals surface area (Å²) < 4.78 is 5.70. The lowest BCUT2D eigenvalue weighted by atomic mass is 10.1. The molecule has 0 N–H and O–H groups in total. The summed E-state index contributed by atoms with van der Waals surface area (Å²) in [5.74, 6) is 0. The summed E-state index contributed by atoms with van der Waals surface area (Å²) >= 11 is 3.42. The maximum absolute atomic E-state index is 5.70. The van der Waals surface area contributed by atoms with Gasteiger partial charge in [-0.05, 0) is 32.3 Å². The SMILES string of the molecule is C/C(=C\CBr)CC/C=C(\C)COCc1ccccc1. The number of rotatable bonds is 8. The highest BCUT2D eigenvalue weighted by molar-refractivity contribution is 9.09. The van der Waals surface area contributed by atoms with E-state index in [9.17, 15) is 0 Å². The molecule has 1 aromatic carbocycles. The van der Waals surface area contributed by atoms with Gasteiger partial charge in [0.05, 0.1) is 13.2 Å². The Morgan fingerprint density at radius 3 is 2.53 bits per heavy atom. The maximum Gasteiger partial charge on any atom is 0.0721 e. The van der Waals surface area contributed by atoms with Crippen LogP contribution in [0.4, 0.5) is 0 Å². The van der Waals surface area contributed by atoms with Crippen molar-refractivity contribution in [1.29, 1.82) is 0 Å². The van der Waals surface area contributed by atoms with Crippen LogP contribution in [0.25, 0.3) is 0 Å². The normalized spacial score (nSPS) is 12.8. The lowest BCUT2D eigenvalue weighted by Crippen LogP contribution is -1.96. The number of allylic oxidation sites excluding steroid dienone is 3. The van der Waals surface area contributed by atoms with Crippen molar-refractivity contribution in [2.75, 3.05) is 11.9 Å². The first-order valence-electron chi connectivity index (χ1n) is 6.71. The standard InChI is InChI=1S/C17H23BrO/c1-15(11-12-18)7-6-8-16(2)13-19-14-17-9-4-3-5-10-17/h3-5,8-11H,6-7,12-14H2,1-2H3/b15-11+,16-8+. The van der Waals surface area contributed by atoms with E-state index in [2.05, 4.69) is 54.1 Å². The third-order valence-electron chi connectivity index (χ3n) is 2.90. The van der Waals surface area contributed by atoms with Gasteiger partial charge in [-0.2, -0.15) is 0 Å². The van der Waals surface area contributed by atoms with Crippen LogP contribution >= 0.6 is 15.9 Å². The van der Waals surface area contributed by atoms with Gasteiger partial charge in [-0.25, -0.2) is 0 Å². The fourth-order valence-electron chi connectivity index (χ4n) is 1.74. The van der Waals surface area contributed by atoms with Gasteiger partial charge in [0.15, 0.2) is 0 Å². The number of benzene rings is 1. The van der Waals surface area contributed by atoms with E-state index in [0.717, 1.165) is 24.8 Å². The van der Waals surface area contributed by atoms with Crippen LogP contribution in [0.1, 0.15) is 32.3 Å². The summed E-state index contributed by atoms with van der Waals surface area (Å²) in [6, 6.07) is 10.3. The van der Waals surface area contributed by atoms with Crippen molar-refractivity contribution in [2.45, 2.75) is 33.3 Å². The number of hydrogen-bond donors (Lipinski definition) is 0. The van der Waals surface area contributed by atoms with Gasteiger partial charge in [-0.15, -0.1) is 0 Å². The molecule has 0 heterocycles. The Labute approximate surface area is 125 Å². The Balaban J connectivity index is 2.20. The first kappa shape index (κ1) is 16.2. The fourth-order valence-corrected chi connectivity index (χ4v) is 2.30. The molecule has 1 nitrogen and oxygen atoms in total. The van der Waals surface area contributed by atoms with Gasteiger partial charge >= 0.3 is 0 Å². The molecule has 0 aliphatic carbocycles. The summed E-state index contributed by atoms with van der Waals surface area (Å²) in [6.45, 7) is 5.72. The van der Waals surface area contributed by atoms with Gasteiger partial charge in [-0.1, -0.05) is 69.6 Å². The average molecular weight is 323 g/mol. The Morgan fingerprint density at radius 2 is 1.84 bits per heavy atom. The molecule has 19 heavy (non-hydrogen) atoms. The Kier molecular flexibility index (Phi) is 8.52. The molecule has 0 fully saturated rings. The lowest BCUT2D eigenvalue weighted by Gasteiger charge is -2.05. The van der Waals surface area contributed by atoms with E-state index in [1.165, 1.54) is 16.7 Å². The molecule has 0 bridgehead atoms. The molecule has 0 aliphatic rings. The number of ether oxygens (including phenoxy) is 1. The quantitative estimate of drug-likeness (QED) is 0.468. The maximum atomic E-state index is 5.70. The molecule has 0 aliphatic heterocycles. The number of alkyl halides is 1. The van der Waals surface area contributed by atoms with E-state index in [4.69, 9.17) is 4.74 Å². The highest BCUT2D eigenvalue weighted by Gasteiger charge is 1.94. The summed E-state index contributed by atoms with van der Waals surface area (Å²) in [7, 11) is 0. The highest BCUT2D eigenvalue weighted by atomic mass is 79.9. The third-order valence-corrected chi connectivity index (χ3v) is 3.22. The second-order valence-electron chi connectivity index (χ2n) is 4.77. The lowest BCUT2D eigenvalue weighted by molar-refractivity contribution is 0.142. The van der Waals surface area contributed by atoms with Crippen LogP contribution < -0.4 is 0 Å². The summed E-state index contributed by atoms with van der Waals surface area (Å²) in [5.41, 5.74) is 3.97. The van der Waals surface area contributed by atoms with Crippen molar-refractivity contribution in [3.05, 3.63) is 59.2 Å². The first-order chi connectivity index (χ1) is 9.22. The molecule has 0 saturated carbocycles. The zero-order valence-electron chi connectivity index (χ0n) is 11.9. The molecule has 1 rings (SSSR count). The topological polar surface area (TPSA) is 9.23 Å². The largest absolute Gasteiger partial charge is 0.372 e. The molecule has 0 unspecified atom stereocenters. The molecule has 0 radical (unpaired) electrons. The Hall–Kier alpha value is -0.860. The van der Waals surface area contributed by atoms with E-state index in [-0.39, 0.29) is 0 Å². The van der Waals surface area contributed by atoms with Crippen molar-refractivity contribution in [3.8, 4) is 0 Å². The van der Waals surface area contributed by atoms with Gasteiger partial charge < -0.3 is 4.74 Å². The zero-order valence-corrected chi connectivity index (χ0v) is 13.4. The second kappa shape index (κ2) is 9.99. The van der Waals surface area contributed by atoms with Gasteiger partial charge in [0.1, 0.15) is 0 Å². The molecule has 0 aromatic heterocycles. The Bertz CT molecular complexity index is 407.